The van der Waals surface area contributed by atoms with E-state index in [9.17, 15) is 9.90 Å². The topological polar surface area (TPSA) is 66.8 Å². The molecular weight excluding hydrogens is 184 g/mol. The SMILES string of the molecule is CCCCCC(O)COC(=O)C(C)O. The number of rotatable bonds is 7. The van der Waals surface area contributed by atoms with Crippen LogP contribution in [0.2, 0.25) is 0 Å². The second-order valence-corrected chi connectivity index (χ2v) is 3.46. The van der Waals surface area contributed by atoms with Crippen LogP contribution in [0.4, 0.5) is 0 Å². The smallest absolute Gasteiger partial charge is 0.334 e. The van der Waals surface area contributed by atoms with E-state index < -0.39 is 18.2 Å². The predicted octanol–water partition coefficient (Wildman–Crippen LogP) is 0.852. The number of aliphatic hydroxyl groups is 2. The molecule has 4 heteroatoms. The number of unbranched alkanes of at least 4 members (excludes halogenated alkanes) is 2. The van der Waals surface area contributed by atoms with E-state index in [0.29, 0.717) is 6.42 Å². The van der Waals surface area contributed by atoms with Gasteiger partial charge in [0, 0.05) is 0 Å². The van der Waals surface area contributed by atoms with E-state index in [2.05, 4.69) is 11.7 Å². The third-order valence-corrected chi connectivity index (χ3v) is 1.90. The Morgan fingerprint density at radius 3 is 2.50 bits per heavy atom. The number of carbonyl (C=O) groups excluding carboxylic acids is 1. The summed E-state index contributed by atoms with van der Waals surface area (Å²) in [6, 6.07) is 0. The monoisotopic (exact) mass is 204 g/mol. The Bertz CT molecular complexity index is 156. The third kappa shape index (κ3) is 6.86. The van der Waals surface area contributed by atoms with Crippen molar-refractivity contribution >= 4 is 5.97 Å². The summed E-state index contributed by atoms with van der Waals surface area (Å²) in [5, 5.41) is 18.1. The fourth-order valence-corrected chi connectivity index (χ4v) is 1.01. The Labute approximate surface area is 84.9 Å². The summed E-state index contributed by atoms with van der Waals surface area (Å²) in [4.78, 5) is 10.8. The summed E-state index contributed by atoms with van der Waals surface area (Å²) >= 11 is 0. The zero-order valence-electron chi connectivity index (χ0n) is 8.90. The van der Waals surface area contributed by atoms with Crippen molar-refractivity contribution in [1.82, 2.24) is 0 Å². The van der Waals surface area contributed by atoms with Crippen LogP contribution in [0.3, 0.4) is 0 Å². The molecule has 0 aliphatic rings. The average Bonchev–Trinajstić information content (AvgIpc) is 2.14. The highest BCUT2D eigenvalue weighted by atomic mass is 16.6. The number of ether oxygens (including phenoxy) is 1. The average molecular weight is 204 g/mol. The van der Waals surface area contributed by atoms with E-state index in [0.717, 1.165) is 19.3 Å². The molecule has 0 amide bonds. The van der Waals surface area contributed by atoms with Gasteiger partial charge in [-0.3, -0.25) is 0 Å². The van der Waals surface area contributed by atoms with E-state index in [-0.39, 0.29) is 6.61 Å². The van der Waals surface area contributed by atoms with Gasteiger partial charge in [0.15, 0.2) is 0 Å². The van der Waals surface area contributed by atoms with E-state index in [1.165, 1.54) is 6.92 Å². The lowest BCUT2D eigenvalue weighted by Crippen LogP contribution is -2.24. The predicted molar refractivity (Wildman–Crippen MR) is 52.8 cm³/mol. The number of aliphatic hydroxyl groups excluding tert-OH is 2. The molecule has 0 fully saturated rings. The third-order valence-electron chi connectivity index (χ3n) is 1.90. The van der Waals surface area contributed by atoms with Crippen molar-refractivity contribution < 1.29 is 19.7 Å². The van der Waals surface area contributed by atoms with E-state index in [1.807, 2.05) is 0 Å². The molecule has 0 aromatic carbocycles. The molecule has 0 aliphatic heterocycles. The van der Waals surface area contributed by atoms with Crippen LogP contribution >= 0.6 is 0 Å². The van der Waals surface area contributed by atoms with Gasteiger partial charge in [-0.2, -0.15) is 0 Å². The highest BCUT2D eigenvalue weighted by Gasteiger charge is 2.12. The van der Waals surface area contributed by atoms with Gasteiger partial charge in [-0.1, -0.05) is 26.2 Å². The fourth-order valence-electron chi connectivity index (χ4n) is 1.01. The van der Waals surface area contributed by atoms with E-state index in [1.54, 1.807) is 0 Å². The van der Waals surface area contributed by atoms with Gasteiger partial charge in [-0.15, -0.1) is 0 Å². The molecule has 4 nitrogen and oxygen atoms in total. The molecule has 0 aromatic rings. The van der Waals surface area contributed by atoms with E-state index >= 15 is 0 Å². The molecule has 2 N–H and O–H groups in total. The lowest BCUT2D eigenvalue weighted by Gasteiger charge is -2.11. The summed E-state index contributed by atoms with van der Waals surface area (Å²) in [5.74, 6) is -0.681. The van der Waals surface area contributed by atoms with Crippen molar-refractivity contribution in [2.45, 2.75) is 51.7 Å². The molecule has 0 saturated carbocycles. The van der Waals surface area contributed by atoms with Crippen LogP contribution in [-0.4, -0.2) is 35.0 Å². The molecule has 0 rings (SSSR count). The molecule has 0 bridgehead atoms. The first-order chi connectivity index (χ1) is 6.57. The van der Waals surface area contributed by atoms with Crippen molar-refractivity contribution in [3.63, 3.8) is 0 Å². The van der Waals surface area contributed by atoms with Gasteiger partial charge in [0.05, 0.1) is 6.10 Å². The molecule has 0 radical (unpaired) electrons. The Kier molecular flexibility index (Phi) is 7.42. The summed E-state index contributed by atoms with van der Waals surface area (Å²) in [5.41, 5.74) is 0. The van der Waals surface area contributed by atoms with Crippen molar-refractivity contribution in [2.24, 2.45) is 0 Å². The second-order valence-electron chi connectivity index (χ2n) is 3.46. The molecule has 84 valence electrons. The fraction of sp³-hybridized carbons (Fsp3) is 0.900. The first kappa shape index (κ1) is 13.4. The van der Waals surface area contributed by atoms with Gasteiger partial charge in [0.1, 0.15) is 12.7 Å². The van der Waals surface area contributed by atoms with Crippen LogP contribution in [0.15, 0.2) is 0 Å². The zero-order chi connectivity index (χ0) is 11.0. The van der Waals surface area contributed by atoms with Crippen molar-refractivity contribution in [3.8, 4) is 0 Å². The largest absolute Gasteiger partial charge is 0.461 e. The molecule has 0 aromatic heterocycles. The lowest BCUT2D eigenvalue weighted by atomic mass is 10.1. The molecule has 0 saturated heterocycles. The summed E-state index contributed by atoms with van der Waals surface area (Å²) in [6.45, 7) is 3.40. The number of hydrogen-bond donors (Lipinski definition) is 2. The van der Waals surface area contributed by atoms with Crippen LogP contribution < -0.4 is 0 Å². The van der Waals surface area contributed by atoms with Crippen molar-refractivity contribution in [2.75, 3.05) is 6.61 Å². The van der Waals surface area contributed by atoms with Crippen LogP contribution in [0.5, 0.6) is 0 Å². The van der Waals surface area contributed by atoms with Crippen LogP contribution in [0.25, 0.3) is 0 Å². The second kappa shape index (κ2) is 7.76. The van der Waals surface area contributed by atoms with Gasteiger partial charge < -0.3 is 14.9 Å². The van der Waals surface area contributed by atoms with Gasteiger partial charge in [0.25, 0.3) is 0 Å². The van der Waals surface area contributed by atoms with Crippen LogP contribution in [-0.2, 0) is 9.53 Å². The summed E-state index contributed by atoms with van der Waals surface area (Å²) in [7, 11) is 0. The molecule has 0 heterocycles. The number of hydrogen-bond acceptors (Lipinski definition) is 4. The Morgan fingerprint density at radius 1 is 1.36 bits per heavy atom. The van der Waals surface area contributed by atoms with Gasteiger partial charge in [0.2, 0.25) is 0 Å². The van der Waals surface area contributed by atoms with E-state index in [4.69, 9.17) is 5.11 Å². The Balaban J connectivity index is 3.43. The zero-order valence-corrected chi connectivity index (χ0v) is 8.90. The van der Waals surface area contributed by atoms with Crippen LogP contribution in [0, 0.1) is 0 Å². The standard InChI is InChI=1S/C10H20O4/c1-3-4-5-6-9(12)7-14-10(13)8(2)11/h8-9,11-12H,3-7H2,1-2H3. The van der Waals surface area contributed by atoms with Gasteiger partial charge in [-0.05, 0) is 13.3 Å². The maximum atomic E-state index is 10.8. The Hall–Kier alpha value is -0.610. The summed E-state index contributed by atoms with van der Waals surface area (Å²) in [6.07, 6.45) is 2.02. The molecule has 0 aliphatic carbocycles. The molecule has 2 atom stereocenters. The minimum atomic E-state index is -1.11. The minimum Gasteiger partial charge on any atom is -0.461 e. The molecular formula is C10H20O4. The summed E-state index contributed by atoms with van der Waals surface area (Å²) < 4.78 is 4.66. The Morgan fingerprint density at radius 2 is 2.00 bits per heavy atom. The quantitative estimate of drug-likeness (QED) is 0.476. The number of carbonyl (C=O) groups is 1. The minimum absolute atomic E-state index is 0.0204. The normalized spacial score (nSPS) is 14.9. The molecule has 14 heavy (non-hydrogen) atoms. The lowest BCUT2D eigenvalue weighted by molar-refractivity contribution is -0.155. The first-order valence-electron chi connectivity index (χ1n) is 5.10. The maximum absolute atomic E-state index is 10.8. The maximum Gasteiger partial charge on any atom is 0.334 e. The molecule has 2 unspecified atom stereocenters. The van der Waals surface area contributed by atoms with Crippen molar-refractivity contribution in [1.29, 1.82) is 0 Å². The van der Waals surface area contributed by atoms with Crippen LogP contribution in [0.1, 0.15) is 39.5 Å². The van der Waals surface area contributed by atoms with Crippen molar-refractivity contribution in [3.05, 3.63) is 0 Å². The first-order valence-corrected chi connectivity index (χ1v) is 5.10. The highest BCUT2D eigenvalue weighted by molar-refractivity contribution is 5.73. The number of esters is 1. The highest BCUT2D eigenvalue weighted by Crippen LogP contribution is 2.03. The van der Waals surface area contributed by atoms with Gasteiger partial charge >= 0.3 is 5.97 Å². The van der Waals surface area contributed by atoms with Gasteiger partial charge in [-0.25, -0.2) is 4.79 Å². The molecule has 0 spiro atoms.